The standard InChI is InChI=1S/C16H19ClN2O2/c1-16(2,3)11-4-6-13(7-5-11)21-10-14-18-12(9-17)8-15(20)19-14/h4-8H,9-10H2,1-3H3,(H,18,19,20). The van der Waals surface area contributed by atoms with Crippen LogP contribution >= 0.6 is 11.6 Å². The molecule has 1 heterocycles. The van der Waals surface area contributed by atoms with Gasteiger partial charge in [0, 0.05) is 6.07 Å². The van der Waals surface area contributed by atoms with Crippen molar-refractivity contribution in [3.63, 3.8) is 0 Å². The molecule has 0 fully saturated rings. The van der Waals surface area contributed by atoms with Gasteiger partial charge in [-0.1, -0.05) is 32.9 Å². The highest BCUT2D eigenvalue weighted by atomic mass is 35.5. The van der Waals surface area contributed by atoms with Gasteiger partial charge in [0.1, 0.15) is 12.4 Å². The maximum absolute atomic E-state index is 9.48. The van der Waals surface area contributed by atoms with E-state index in [1.165, 1.54) is 11.6 Å². The summed E-state index contributed by atoms with van der Waals surface area (Å²) < 4.78 is 5.64. The third-order valence-corrected chi connectivity index (χ3v) is 3.31. The average molecular weight is 307 g/mol. The number of rotatable bonds is 4. The van der Waals surface area contributed by atoms with E-state index in [0.717, 1.165) is 5.75 Å². The molecule has 1 N–H and O–H groups in total. The summed E-state index contributed by atoms with van der Waals surface area (Å²) in [6.45, 7) is 6.68. The summed E-state index contributed by atoms with van der Waals surface area (Å²) in [5.41, 5.74) is 1.93. The summed E-state index contributed by atoms with van der Waals surface area (Å²) in [5, 5.41) is 9.48. The quantitative estimate of drug-likeness (QED) is 0.873. The Morgan fingerprint density at radius 2 is 1.81 bits per heavy atom. The van der Waals surface area contributed by atoms with Gasteiger partial charge in [-0.05, 0) is 23.1 Å². The minimum atomic E-state index is -0.0951. The van der Waals surface area contributed by atoms with Crippen LogP contribution in [0.25, 0.3) is 0 Å². The first-order valence-corrected chi connectivity index (χ1v) is 7.27. The number of halogens is 1. The molecule has 5 heteroatoms. The highest BCUT2D eigenvalue weighted by molar-refractivity contribution is 6.16. The van der Waals surface area contributed by atoms with E-state index in [9.17, 15) is 5.11 Å². The first kappa shape index (κ1) is 15.6. The highest BCUT2D eigenvalue weighted by Crippen LogP contribution is 2.24. The molecule has 112 valence electrons. The highest BCUT2D eigenvalue weighted by Gasteiger charge is 2.13. The van der Waals surface area contributed by atoms with Gasteiger partial charge >= 0.3 is 0 Å². The van der Waals surface area contributed by atoms with Crippen LogP contribution in [0.15, 0.2) is 30.3 Å². The SMILES string of the molecule is CC(C)(C)c1ccc(OCc2nc(O)cc(CCl)n2)cc1. The predicted octanol–water partition coefficient (Wildman–Crippen LogP) is 3.80. The Kier molecular flexibility index (Phi) is 4.68. The second-order valence-electron chi connectivity index (χ2n) is 5.83. The number of nitrogens with zero attached hydrogens (tertiary/aromatic N) is 2. The van der Waals surface area contributed by atoms with Crippen LogP contribution in [0.4, 0.5) is 0 Å². The maximum Gasteiger partial charge on any atom is 0.214 e. The van der Waals surface area contributed by atoms with Gasteiger partial charge in [0.05, 0.1) is 11.6 Å². The third-order valence-electron chi connectivity index (χ3n) is 3.04. The zero-order chi connectivity index (χ0) is 15.5. The second-order valence-corrected chi connectivity index (χ2v) is 6.10. The zero-order valence-electron chi connectivity index (χ0n) is 12.4. The Labute approximate surface area is 129 Å². The normalized spacial score (nSPS) is 11.4. The van der Waals surface area contributed by atoms with E-state index < -0.39 is 0 Å². The Morgan fingerprint density at radius 1 is 1.14 bits per heavy atom. The lowest BCUT2D eigenvalue weighted by atomic mass is 9.87. The lowest BCUT2D eigenvalue weighted by Gasteiger charge is -2.19. The fourth-order valence-corrected chi connectivity index (χ4v) is 2.01. The van der Waals surface area contributed by atoms with Crippen LogP contribution in [0.1, 0.15) is 37.9 Å². The first-order chi connectivity index (χ1) is 9.88. The van der Waals surface area contributed by atoms with Crippen molar-refractivity contribution in [2.75, 3.05) is 0 Å². The largest absolute Gasteiger partial charge is 0.493 e. The molecule has 0 atom stereocenters. The van der Waals surface area contributed by atoms with Crippen molar-refractivity contribution in [3.8, 4) is 11.6 Å². The summed E-state index contributed by atoms with van der Waals surface area (Å²) >= 11 is 5.71. The lowest BCUT2D eigenvalue weighted by Crippen LogP contribution is -2.10. The molecule has 0 aliphatic carbocycles. The van der Waals surface area contributed by atoms with Gasteiger partial charge in [-0.3, -0.25) is 0 Å². The number of ether oxygens (including phenoxy) is 1. The number of benzene rings is 1. The summed E-state index contributed by atoms with van der Waals surface area (Å²) in [4.78, 5) is 8.11. The number of aromatic nitrogens is 2. The molecule has 2 rings (SSSR count). The molecule has 1 aromatic heterocycles. The minimum Gasteiger partial charge on any atom is -0.493 e. The van der Waals surface area contributed by atoms with Crippen LogP contribution in [0.2, 0.25) is 0 Å². The van der Waals surface area contributed by atoms with Crippen molar-refractivity contribution in [2.45, 2.75) is 38.7 Å². The minimum absolute atomic E-state index is 0.0951. The molecule has 2 aromatic rings. The first-order valence-electron chi connectivity index (χ1n) is 6.73. The summed E-state index contributed by atoms with van der Waals surface area (Å²) in [7, 11) is 0. The molecule has 0 saturated heterocycles. The fourth-order valence-electron chi connectivity index (χ4n) is 1.87. The van der Waals surface area contributed by atoms with Gasteiger partial charge in [-0.15, -0.1) is 11.6 Å². The zero-order valence-corrected chi connectivity index (χ0v) is 13.2. The van der Waals surface area contributed by atoms with E-state index in [-0.39, 0.29) is 23.8 Å². The number of alkyl halides is 1. The van der Waals surface area contributed by atoms with Crippen molar-refractivity contribution >= 4 is 11.6 Å². The predicted molar refractivity (Wildman–Crippen MR) is 82.7 cm³/mol. The molecule has 0 bridgehead atoms. The molecule has 0 spiro atoms. The van der Waals surface area contributed by atoms with E-state index in [1.807, 2.05) is 24.3 Å². The average Bonchev–Trinajstić information content (AvgIpc) is 2.44. The molecule has 21 heavy (non-hydrogen) atoms. The second kappa shape index (κ2) is 6.31. The van der Waals surface area contributed by atoms with E-state index in [4.69, 9.17) is 16.3 Å². The number of hydrogen-bond acceptors (Lipinski definition) is 4. The Hall–Kier alpha value is -1.81. The Balaban J connectivity index is 2.05. The van der Waals surface area contributed by atoms with Gasteiger partial charge < -0.3 is 9.84 Å². The van der Waals surface area contributed by atoms with Crippen LogP contribution in [0, 0.1) is 0 Å². The van der Waals surface area contributed by atoms with Crippen molar-refractivity contribution in [2.24, 2.45) is 0 Å². The van der Waals surface area contributed by atoms with Gasteiger partial charge in [0.2, 0.25) is 5.88 Å². The number of hydrogen-bond donors (Lipinski definition) is 1. The van der Waals surface area contributed by atoms with Gasteiger partial charge in [0.15, 0.2) is 5.82 Å². The molecule has 0 aliphatic rings. The van der Waals surface area contributed by atoms with Crippen molar-refractivity contribution < 1.29 is 9.84 Å². The third kappa shape index (κ3) is 4.33. The van der Waals surface area contributed by atoms with E-state index in [0.29, 0.717) is 11.5 Å². The van der Waals surface area contributed by atoms with Crippen LogP contribution in [0.5, 0.6) is 11.6 Å². The number of aromatic hydroxyl groups is 1. The van der Waals surface area contributed by atoms with Gasteiger partial charge in [0.25, 0.3) is 0 Å². The smallest absolute Gasteiger partial charge is 0.214 e. The Bertz CT molecular complexity index is 607. The molecule has 4 nitrogen and oxygen atoms in total. The van der Waals surface area contributed by atoms with Crippen molar-refractivity contribution in [1.29, 1.82) is 0 Å². The molecule has 0 radical (unpaired) electrons. The monoisotopic (exact) mass is 306 g/mol. The molecule has 0 saturated carbocycles. The molecule has 1 aromatic carbocycles. The van der Waals surface area contributed by atoms with Crippen LogP contribution in [-0.2, 0) is 17.9 Å². The Morgan fingerprint density at radius 3 is 2.38 bits per heavy atom. The maximum atomic E-state index is 9.48. The van der Waals surface area contributed by atoms with Crippen molar-refractivity contribution in [3.05, 3.63) is 47.4 Å². The van der Waals surface area contributed by atoms with Crippen LogP contribution in [0.3, 0.4) is 0 Å². The molecule has 0 unspecified atom stereocenters. The van der Waals surface area contributed by atoms with Gasteiger partial charge in [-0.25, -0.2) is 4.98 Å². The van der Waals surface area contributed by atoms with Gasteiger partial charge in [-0.2, -0.15) is 4.98 Å². The lowest BCUT2D eigenvalue weighted by molar-refractivity contribution is 0.292. The molecule has 0 aliphatic heterocycles. The summed E-state index contributed by atoms with van der Waals surface area (Å²) in [5.74, 6) is 1.28. The molecular weight excluding hydrogens is 288 g/mol. The van der Waals surface area contributed by atoms with E-state index >= 15 is 0 Å². The summed E-state index contributed by atoms with van der Waals surface area (Å²) in [6.07, 6.45) is 0. The van der Waals surface area contributed by atoms with E-state index in [2.05, 4.69) is 30.7 Å². The van der Waals surface area contributed by atoms with Crippen LogP contribution in [-0.4, -0.2) is 15.1 Å². The van der Waals surface area contributed by atoms with E-state index in [1.54, 1.807) is 0 Å². The fraction of sp³-hybridized carbons (Fsp3) is 0.375. The van der Waals surface area contributed by atoms with Crippen LogP contribution < -0.4 is 4.74 Å². The van der Waals surface area contributed by atoms with Crippen molar-refractivity contribution in [1.82, 2.24) is 9.97 Å². The summed E-state index contributed by atoms with van der Waals surface area (Å²) in [6, 6.07) is 9.37. The molecular formula is C16H19ClN2O2. The molecule has 0 amide bonds. The topological polar surface area (TPSA) is 55.2 Å².